The minimum absolute atomic E-state index is 0.0404. The van der Waals surface area contributed by atoms with Gasteiger partial charge >= 0.3 is 5.97 Å². The molecular weight excluding hydrogens is 346 g/mol. The third-order valence-electron chi connectivity index (χ3n) is 4.86. The third kappa shape index (κ3) is 4.89. The fourth-order valence-corrected chi connectivity index (χ4v) is 3.38. The number of likely N-dealkylation sites (tertiary alicyclic amines) is 1. The second kappa shape index (κ2) is 8.73. The van der Waals surface area contributed by atoms with Crippen molar-refractivity contribution in [3.63, 3.8) is 0 Å². The number of amides is 1. The standard InChI is InChI=1S/C20H23N3O4/c1-27-12-19(24)23-7-5-14(6-8-23)9-17-11-18(22-13-21-17)15-3-2-4-16(10-15)20(25)26/h2-4,10-11,13-14H,5-9,12H2,1H3,(H,25,26). The molecule has 0 aliphatic carbocycles. The van der Waals surface area contributed by atoms with Crippen LogP contribution in [-0.4, -0.2) is 58.7 Å². The Morgan fingerprint density at radius 2 is 2.00 bits per heavy atom. The predicted octanol–water partition coefficient (Wildman–Crippen LogP) is 2.27. The molecule has 0 unspecified atom stereocenters. The van der Waals surface area contributed by atoms with Crippen LogP contribution in [0.3, 0.4) is 0 Å². The molecule has 0 atom stereocenters. The number of piperidine rings is 1. The van der Waals surface area contributed by atoms with Gasteiger partial charge in [0.1, 0.15) is 12.9 Å². The van der Waals surface area contributed by atoms with Crippen molar-refractivity contribution in [2.24, 2.45) is 5.92 Å². The van der Waals surface area contributed by atoms with E-state index >= 15 is 0 Å². The molecule has 7 nitrogen and oxygen atoms in total. The van der Waals surface area contributed by atoms with E-state index in [0.29, 0.717) is 5.92 Å². The number of nitrogens with zero attached hydrogens (tertiary/aromatic N) is 3. The number of carboxylic acid groups (broad SMARTS) is 1. The van der Waals surface area contributed by atoms with Gasteiger partial charge in [-0.05, 0) is 43.4 Å². The summed E-state index contributed by atoms with van der Waals surface area (Å²) in [7, 11) is 1.53. The number of methoxy groups -OCH3 is 1. The lowest BCUT2D eigenvalue weighted by atomic mass is 9.91. The van der Waals surface area contributed by atoms with Crippen LogP contribution >= 0.6 is 0 Å². The quantitative estimate of drug-likeness (QED) is 0.840. The summed E-state index contributed by atoms with van der Waals surface area (Å²) in [6.45, 7) is 1.62. The van der Waals surface area contributed by atoms with Crippen LogP contribution in [0.1, 0.15) is 28.9 Å². The Morgan fingerprint density at radius 1 is 1.22 bits per heavy atom. The van der Waals surface area contributed by atoms with E-state index < -0.39 is 5.97 Å². The molecule has 1 fully saturated rings. The van der Waals surface area contributed by atoms with Crippen LogP contribution in [0, 0.1) is 5.92 Å². The number of benzene rings is 1. The van der Waals surface area contributed by atoms with Gasteiger partial charge in [-0.2, -0.15) is 0 Å². The van der Waals surface area contributed by atoms with Crippen molar-refractivity contribution in [1.82, 2.24) is 14.9 Å². The lowest BCUT2D eigenvalue weighted by Crippen LogP contribution is -2.40. The SMILES string of the molecule is COCC(=O)N1CCC(Cc2cc(-c3cccc(C(=O)O)c3)ncn2)CC1. The first kappa shape index (κ1) is 19.0. The highest BCUT2D eigenvalue weighted by Gasteiger charge is 2.23. The van der Waals surface area contributed by atoms with Crippen molar-refractivity contribution in [1.29, 1.82) is 0 Å². The minimum atomic E-state index is -0.957. The van der Waals surface area contributed by atoms with Crippen molar-refractivity contribution in [2.75, 3.05) is 26.8 Å². The molecule has 3 rings (SSSR count). The zero-order valence-corrected chi connectivity index (χ0v) is 15.3. The van der Waals surface area contributed by atoms with E-state index in [0.717, 1.165) is 49.3 Å². The fourth-order valence-electron chi connectivity index (χ4n) is 3.38. The Labute approximate surface area is 158 Å². The molecular formula is C20H23N3O4. The summed E-state index contributed by atoms with van der Waals surface area (Å²) < 4.78 is 4.91. The molecule has 0 radical (unpaired) electrons. The highest BCUT2D eigenvalue weighted by molar-refractivity contribution is 5.89. The highest BCUT2D eigenvalue weighted by Crippen LogP contribution is 2.23. The van der Waals surface area contributed by atoms with E-state index in [1.54, 1.807) is 18.2 Å². The Balaban J connectivity index is 1.64. The van der Waals surface area contributed by atoms with Gasteiger partial charge in [0.25, 0.3) is 0 Å². The molecule has 1 aliphatic rings. The van der Waals surface area contributed by atoms with E-state index in [-0.39, 0.29) is 18.1 Å². The van der Waals surface area contributed by atoms with Crippen molar-refractivity contribution in [3.05, 3.63) is 47.9 Å². The summed E-state index contributed by atoms with van der Waals surface area (Å²) in [4.78, 5) is 33.5. The maximum absolute atomic E-state index is 11.9. The van der Waals surface area contributed by atoms with E-state index in [4.69, 9.17) is 9.84 Å². The lowest BCUT2D eigenvalue weighted by Gasteiger charge is -2.31. The summed E-state index contributed by atoms with van der Waals surface area (Å²) in [5.74, 6) is -0.454. The second-order valence-corrected chi connectivity index (χ2v) is 6.74. The van der Waals surface area contributed by atoms with Crippen LogP contribution in [0.2, 0.25) is 0 Å². The number of rotatable bonds is 6. The molecule has 1 aromatic carbocycles. The first-order valence-electron chi connectivity index (χ1n) is 8.98. The first-order valence-corrected chi connectivity index (χ1v) is 8.98. The van der Waals surface area contributed by atoms with Crippen molar-refractivity contribution in [3.8, 4) is 11.3 Å². The minimum Gasteiger partial charge on any atom is -0.478 e. The van der Waals surface area contributed by atoms with E-state index in [2.05, 4.69) is 9.97 Å². The van der Waals surface area contributed by atoms with Gasteiger partial charge in [-0.1, -0.05) is 12.1 Å². The molecule has 1 saturated heterocycles. The molecule has 27 heavy (non-hydrogen) atoms. The lowest BCUT2D eigenvalue weighted by molar-refractivity contribution is -0.136. The van der Waals surface area contributed by atoms with Crippen LogP contribution in [0.15, 0.2) is 36.7 Å². The van der Waals surface area contributed by atoms with Crippen LogP contribution in [0.4, 0.5) is 0 Å². The fraction of sp³-hybridized carbons (Fsp3) is 0.400. The van der Waals surface area contributed by atoms with Gasteiger partial charge in [0.2, 0.25) is 5.91 Å². The van der Waals surface area contributed by atoms with Gasteiger partial charge in [0, 0.05) is 31.5 Å². The summed E-state index contributed by atoms with van der Waals surface area (Å²) in [5, 5.41) is 9.15. The van der Waals surface area contributed by atoms with Crippen molar-refractivity contribution < 1.29 is 19.4 Å². The first-order chi connectivity index (χ1) is 13.1. The summed E-state index contributed by atoms with van der Waals surface area (Å²) >= 11 is 0. The molecule has 0 saturated carbocycles. The Hall–Kier alpha value is -2.80. The molecule has 1 amide bonds. The average Bonchev–Trinajstić information content (AvgIpc) is 2.69. The van der Waals surface area contributed by atoms with E-state index in [1.807, 2.05) is 17.0 Å². The molecule has 0 bridgehead atoms. The van der Waals surface area contributed by atoms with Crippen molar-refractivity contribution in [2.45, 2.75) is 19.3 Å². The number of carbonyl (C=O) groups is 2. The summed E-state index contributed by atoms with van der Waals surface area (Å²) in [5.41, 5.74) is 2.65. The average molecular weight is 369 g/mol. The topological polar surface area (TPSA) is 92.6 Å². The van der Waals surface area contributed by atoms with Gasteiger partial charge in [0.05, 0.1) is 11.3 Å². The zero-order chi connectivity index (χ0) is 19.2. The van der Waals surface area contributed by atoms with E-state index in [1.165, 1.54) is 13.4 Å². The van der Waals surface area contributed by atoms with Gasteiger partial charge in [-0.3, -0.25) is 4.79 Å². The number of ether oxygens (including phenoxy) is 1. The zero-order valence-electron chi connectivity index (χ0n) is 15.3. The van der Waals surface area contributed by atoms with Crippen LogP contribution in [0.5, 0.6) is 0 Å². The number of carbonyl (C=O) groups excluding carboxylic acids is 1. The largest absolute Gasteiger partial charge is 0.478 e. The molecule has 7 heteroatoms. The molecule has 142 valence electrons. The maximum Gasteiger partial charge on any atom is 0.335 e. The summed E-state index contributed by atoms with van der Waals surface area (Å²) in [6, 6.07) is 8.66. The van der Waals surface area contributed by atoms with Crippen LogP contribution < -0.4 is 0 Å². The maximum atomic E-state index is 11.9. The monoisotopic (exact) mass is 369 g/mol. The normalized spacial score (nSPS) is 14.9. The summed E-state index contributed by atoms with van der Waals surface area (Å²) in [6.07, 6.45) is 4.21. The van der Waals surface area contributed by atoms with E-state index in [9.17, 15) is 9.59 Å². The molecule has 1 aliphatic heterocycles. The Morgan fingerprint density at radius 3 is 2.70 bits per heavy atom. The van der Waals surface area contributed by atoms with Gasteiger partial charge in [0.15, 0.2) is 0 Å². The number of hydrogen-bond donors (Lipinski definition) is 1. The number of hydrogen-bond acceptors (Lipinski definition) is 5. The van der Waals surface area contributed by atoms with Crippen LogP contribution in [-0.2, 0) is 16.0 Å². The Kier molecular flexibility index (Phi) is 6.13. The highest BCUT2D eigenvalue weighted by atomic mass is 16.5. The van der Waals surface area contributed by atoms with Crippen molar-refractivity contribution >= 4 is 11.9 Å². The molecule has 0 spiro atoms. The van der Waals surface area contributed by atoms with Gasteiger partial charge in [-0.25, -0.2) is 14.8 Å². The Bertz CT molecular complexity index is 816. The second-order valence-electron chi connectivity index (χ2n) is 6.74. The van der Waals surface area contributed by atoms with Gasteiger partial charge in [-0.15, -0.1) is 0 Å². The molecule has 2 heterocycles. The predicted molar refractivity (Wildman–Crippen MR) is 99.3 cm³/mol. The number of aromatic carboxylic acids is 1. The third-order valence-corrected chi connectivity index (χ3v) is 4.86. The molecule has 2 aromatic rings. The number of carboxylic acids is 1. The number of aromatic nitrogens is 2. The van der Waals surface area contributed by atoms with Gasteiger partial charge < -0.3 is 14.7 Å². The van der Waals surface area contributed by atoms with Crippen LogP contribution in [0.25, 0.3) is 11.3 Å². The molecule has 1 aromatic heterocycles. The molecule has 1 N–H and O–H groups in total. The smallest absolute Gasteiger partial charge is 0.335 e.